The van der Waals surface area contributed by atoms with E-state index in [1.807, 2.05) is 0 Å². The first kappa shape index (κ1) is 63.5. The lowest BCUT2D eigenvalue weighted by molar-refractivity contribution is -0.409. The number of aliphatic hydroxyl groups is 15. The molecule has 0 aromatic rings. The van der Waals surface area contributed by atoms with E-state index >= 15 is 0 Å². The molecule has 11 fully saturated rings. The molecule has 7 saturated heterocycles. The van der Waals surface area contributed by atoms with E-state index in [4.69, 9.17) is 56.8 Å². The Bertz CT molecular complexity index is 2140. The van der Waals surface area contributed by atoms with Crippen LogP contribution in [0.1, 0.15) is 91.9 Å². The van der Waals surface area contributed by atoms with Gasteiger partial charge in [-0.1, -0.05) is 27.7 Å². The summed E-state index contributed by atoms with van der Waals surface area (Å²) in [6.07, 6.45) is -34.5. The minimum Gasteiger partial charge on any atom is -0.394 e. The SMILES string of the molecule is C[C@@H]1CC[C@@]2(OC1)O[C@H]1C[C@H]3[C@@H]4CC[C@H]5C[C@@H](O[C@H]6O[C@@H](CO)[C@H](O[C@@H]7O[C@H](CO)[C@@H](O)[C@H](O[C@H]8OC[C@@H](O)[C@@H](O)[C@@H]8O)[C@H]7O[C@@H]7O[C@H](CO)[C@@H](O)[C@H](O[C@@H]8O[C@H](CO)[C@@H](O)[C@H](O)[C@H]8O)[C@H]7O)[C@H](O)[C@H]6O)CC[C@]5(C)[C@H]4CC[C@]3(C)[C@H]1[C@@H]2C. The molecule has 0 unspecified atom stereocenters. The monoisotopic (exact) mass is 1200 g/mol. The summed E-state index contributed by atoms with van der Waals surface area (Å²) < 4.78 is 73.4. The van der Waals surface area contributed by atoms with Gasteiger partial charge in [0, 0.05) is 12.3 Å². The molecular weight excluding hydrogens is 1100 g/mol. The Balaban J connectivity index is 0.784. The summed E-state index contributed by atoms with van der Waals surface area (Å²) in [4.78, 5) is 0. The fourth-order valence-electron chi connectivity index (χ4n) is 17.4. The van der Waals surface area contributed by atoms with Crippen molar-refractivity contribution >= 4 is 0 Å². The molecule has 15 N–H and O–H groups in total. The van der Waals surface area contributed by atoms with Crippen molar-refractivity contribution in [3.63, 3.8) is 0 Å². The first-order valence-corrected chi connectivity index (χ1v) is 30.3. The molecule has 0 radical (unpaired) electrons. The van der Waals surface area contributed by atoms with Crippen molar-refractivity contribution in [1.82, 2.24) is 0 Å². The summed E-state index contributed by atoms with van der Waals surface area (Å²) in [6.45, 7) is 6.14. The molecule has 83 heavy (non-hydrogen) atoms. The van der Waals surface area contributed by atoms with E-state index in [-0.39, 0.29) is 23.0 Å². The summed E-state index contributed by atoms with van der Waals surface area (Å²) in [7, 11) is 0. The van der Waals surface area contributed by atoms with Gasteiger partial charge in [0.25, 0.3) is 0 Å². The largest absolute Gasteiger partial charge is 0.394 e. The molecule has 1 spiro atoms. The second-order valence-electron chi connectivity index (χ2n) is 26.7. The van der Waals surface area contributed by atoms with Crippen LogP contribution in [0.3, 0.4) is 0 Å². The van der Waals surface area contributed by atoms with Crippen LogP contribution in [0.4, 0.5) is 0 Å². The molecule has 27 nitrogen and oxygen atoms in total. The smallest absolute Gasteiger partial charge is 0.187 e. The Morgan fingerprint density at radius 1 is 0.446 bits per heavy atom. The predicted molar refractivity (Wildman–Crippen MR) is 275 cm³/mol. The van der Waals surface area contributed by atoms with Crippen molar-refractivity contribution in [3.8, 4) is 0 Å². The summed E-state index contributed by atoms with van der Waals surface area (Å²) in [5.41, 5.74) is 0.221. The van der Waals surface area contributed by atoms with Gasteiger partial charge >= 0.3 is 0 Å². The molecule has 7 aliphatic heterocycles. The van der Waals surface area contributed by atoms with Crippen LogP contribution >= 0.6 is 0 Å². The number of ether oxygens (including phenoxy) is 12. The number of rotatable bonds is 14. The zero-order valence-electron chi connectivity index (χ0n) is 47.5. The zero-order chi connectivity index (χ0) is 59.4. The second kappa shape index (κ2) is 25.0. The molecule has 478 valence electrons. The van der Waals surface area contributed by atoms with Crippen LogP contribution in [0.25, 0.3) is 0 Å². The second-order valence-corrected chi connectivity index (χ2v) is 26.7. The van der Waals surface area contributed by atoms with E-state index < -0.39 is 186 Å². The highest BCUT2D eigenvalue weighted by Crippen LogP contribution is 2.71. The molecule has 7 heterocycles. The minimum absolute atomic E-state index is 0.0500. The number of fused-ring (bicyclic) bond motifs is 7. The minimum atomic E-state index is -2.18. The average molecular weight is 1200 g/mol. The van der Waals surface area contributed by atoms with Gasteiger partial charge in [-0.25, -0.2) is 0 Å². The molecule has 0 aromatic carbocycles. The fraction of sp³-hybridized carbons (Fsp3) is 1.00. The van der Waals surface area contributed by atoms with Crippen LogP contribution in [-0.2, 0) is 56.8 Å². The van der Waals surface area contributed by atoms with Crippen LogP contribution in [0.5, 0.6) is 0 Å². The van der Waals surface area contributed by atoms with E-state index in [0.717, 1.165) is 58.0 Å². The Hall–Kier alpha value is -1.08. The Morgan fingerprint density at radius 2 is 1.01 bits per heavy atom. The van der Waals surface area contributed by atoms with E-state index in [1.54, 1.807) is 0 Å². The van der Waals surface area contributed by atoms with Gasteiger partial charge in [-0.05, 0) is 104 Å². The topological polar surface area (TPSA) is 414 Å². The van der Waals surface area contributed by atoms with Gasteiger partial charge in [0.05, 0.1) is 51.8 Å². The number of hydrogen-bond acceptors (Lipinski definition) is 27. The molecular formula is C56H92O27. The molecule has 36 atom stereocenters. The molecule has 11 rings (SSSR count). The van der Waals surface area contributed by atoms with Crippen molar-refractivity contribution in [1.29, 1.82) is 0 Å². The van der Waals surface area contributed by atoms with Gasteiger partial charge in [-0.15, -0.1) is 0 Å². The third kappa shape index (κ3) is 11.2. The molecule has 0 bridgehead atoms. The summed E-state index contributed by atoms with van der Waals surface area (Å²) in [5.74, 6) is 2.83. The lowest BCUT2D eigenvalue weighted by Gasteiger charge is -2.61. The fourth-order valence-corrected chi connectivity index (χ4v) is 17.4. The third-order valence-electron chi connectivity index (χ3n) is 22.1. The highest BCUT2D eigenvalue weighted by Gasteiger charge is 2.70. The third-order valence-corrected chi connectivity index (χ3v) is 22.1. The highest BCUT2D eigenvalue weighted by molar-refractivity contribution is 5.16. The van der Waals surface area contributed by atoms with E-state index in [0.29, 0.717) is 54.3 Å². The molecule has 0 amide bonds. The molecule has 4 aliphatic carbocycles. The van der Waals surface area contributed by atoms with E-state index in [9.17, 15) is 76.6 Å². The Morgan fingerprint density at radius 3 is 1.69 bits per heavy atom. The van der Waals surface area contributed by atoms with Crippen molar-refractivity contribution in [2.45, 2.75) is 257 Å². The van der Waals surface area contributed by atoms with Crippen LogP contribution in [0, 0.1) is 52.3 Å². The van der Waals surface area contributed by atoms with Gasteiger partial charge < -0.3 is 133 Å². The maximum absolute atomic E-state index is 12.0. The lowest BCUT2D eigenvalue weighted by atomic mass is 9.44. The van der Waals surface area contributed by atoms with Gasteiger partial charge in [0.15, 0.2) is 37.2 Å². The van der Waals surface area contributed by atoms with Crippen molar-refractivity contribution < 1.29 is 133 Å². The van der Waals surface area contributed by atoms with Crippen LogP contribution < -0.4 is 0 Å². The quantitative estimate of drug-likeness (QED) is 0.0730. The normalized spacial score (nSPS) is 57.4. The van der Waals surface area contributed by atoms with Gasteiger partial charge in [0.1, 0.15) is 116 Å². The Kier molecular flexibility index (Phi) is 19.1. The number of aliphatic hydroxyl groups excluding tert-OH is 15. The summed E-state index contributed by atoms with van der Waals surface area (Å²) in [5, 5.41) is 164. The van der Waals surface area contributed by atoms with Crippen molar-refractivity contribution in [2.75, 3.05) is 39.6 Å². The average Bonchev–Trinajstić information content (AvgIpc) is 4.01. The lowest BCUT2D eigenvalue weighted by Crippen LogP contribution is -2.69. The number of hydrogen-bond donors (Lipinski definition) is 15. The standard InChI is InChI=1S/C56H92O27/c1-21-7-12-56(73-19-21)22(2)34-29(83-56)14-27-25-6-5-23-13-24(8-10-54(23,3)26(25)9-11-55(27,34)4)74-50-43(70)40(67)45(33(18-60)78-50)79-53-48(47(38(65)32(17-59)77-53)81-49-41(68)35(62)28(61)20-72-49)82-52-44(71)46(37(64)31(16-58)76-52)80-51-42(69)39(66)36(63)30(15-57)75-51/h21-53,57-71H,5-20H2,1-4H3/t21-,22+,23+,24+,25-,26+,27+,28-,29+,30-,31-,32-,33+,34+,35-,36-,37-,38-,39+,40-,41+,42-,43-,44-,45+,46+,47+,48-,49-,50+,51+,52+,53+,54+,55+,56-/m1/s1. The first-order valence-electron chi connectivity index (χ1n) is 30.3. The first-order chi connectivity index (χ1) is 39.5. The highest BCUT2D eigenvalue weighted by atomic mass is 16.8. The van der Waals surface area contributed by atoms with Gasteiger partial charge in [0.2, 0.25) is 0 Å². The zero-order valence-corrected chi connectivity index (χ0v) is 47.5. The van der Waals surface area contributed by atoms with E-state index in [2.05, 4.69) is 27.7 Å². The molecule has 11 aliphatic rings. The van der Waals surface area contributed by atoms with Crippen molar-refractivity contribution in [3.05, 3.63) is 0 Å². The van der Waals surface area contributed by atoms with Crippen LogP contribution in [0.2, 0.25) is 0 Å². The maximum Gasteiger partial charge on any atom is 0.187 e. The molecule has 0 aromatic heterocycles. The summed E-state index contributed by atoms with van der Waals surface area (Å²) >= 11 is 0. The van der Waals surface area contributed by atoms with E-state index in [1.165, 1.54) is 0 Å². The van der Waals surface area contributed by atoms with Gasteiger partial charge in [-0.2, -0.15) is 0 Å². The molecule has 27 heteroatoms. The Labute approximate surface area is 481 Å². The maximum atomic E-state index is 12.0. The molecule has 4 saturated carbocycles. The van der Waals surface area contributed by atoms with Gasteiger partial charge in [-0.3, -0.25) is 0 Å². The summed E-state index contributed by atoms with van der Waals surface area (Å²) in [6, 6.07) is 0. The van der Waals surface area contributed by atoms with Crippen LogP contribution in [-0.4, -0.2) is 282 Å². The predicted octanol–water partition coefficient (Wildman–Crippen LogP) is -4.45. The van der Waals surface area contributed by atoms with Crippen LogP contribution in [0.15, 0.2) is 0 Å². The van der Waals surface area contributed by atoms with Crippen molar-refractivity contribution in [2.24, 2.45) is 52.3 Å².